The van der Waals surface area contributed by atoms with Crippen LogP contribution in [0.3, 0.4) is 0 Å². The second-order valence-electron chi connectivity index (χ2n) is 17.2. The van der Waals surface area contributed by atoms with Crippen LogP contribution in [0, 0.1) is 46.3 Å². The highest BCUT2D eigenvalue weighted by molar-refractivity contribution is 5.69. The molecule has 16 heteroatoms. The topological polar surface area (TPSA) is 277 Å². The number of fused-ring (bicyclic) bond motifs is 5. The number of hydrogen-bond donors (Lipinski definition) is 11. The summed E-state index contributed by atoms with van der Waals surface area (Å²) in [6.07, 6.45) is -13.0. The van der Waals surface area contributed by atoms with E-state index >= 15 is 0 Å². The molecule has 52 heavy (non-hydrogen) atoms. The molecule has 2 heterocycles. The summed E-state index contributed by atoms with van der Waals surface area (Å²) in [5.41, 5.74) is -0.531. The molecule has 300 valence electrons. The van der Waals surface area contributed by atoms with Gasteiger partial charge in [0.2, 0.25) is 12.1 Å². The van der Waals surface area contributed by atoms with Crippen LogP contribution in [0.25, 0.3) is 0 Å². The molecule has 11 N–H and O–H groups in total. The van der Waals surface area contributed by atoms with E-state index in [1.54, 1.807) is 0 Å². The van der Waals surface area contributed by atoms with Crippen molar-refractivity contribution in [3.63, 3.8) is 0 Å². The van der Waals surface area contributed by atoms with Crippen molar-refractivity contribution < 1.29 is 79.9 Å². The SMILES string of the molecule is C[C@H](CCC(=O)OC(O)[C@H]1O[C@H](O[C@]2(CO)O[C@H](CO)[C@@H](O)[C@@H]2O)[C@H](O)[C@@H](O)[C@@H]1O)[C@H]1CC[C@H]2[C@@H]3[C@H](O)C[C@@H]4C[C@H](O)CC[C@]4(C)[C@H]3C[C@H](O)[C@]12C. The van der Waals surface area contributed by atoms with Gasteiger partial charge in [-0.05, 0) is 97.7 Å². The lowest BCUT2D eigenvalue weighted by Crippen LogP contribution is -2.64. The smallest absolute Gasteiger partial charge is 0.308 e. The fraction of sp³-hybridized carbons (Fsp3) is 0.972. The molecular weight excluding hydrogens is 688 g/mol. The van der Waals surface area contributed by atoms with Crippen LogP contribution in [-0.4, -0.2) is 155 Å². The molecule has 0 bridgehead atoms. The third-order valence-corrected chi connectivity index (χ3v) is 14.7. The van der Waals surface area contributed by atoms with Gasteiger partial charge in [-0.15, -0.1) is 0 Å². The Morgan fingerprint density at radius 2 is 1.60 bits per heavy atom. The molecule has 0 amide bonds. The predicted octanol–water partition coefficient (Wildman–Crippen LogP) is -2.15. The lowest BCUT2D eigenvalue weighted by Gasteiger charge is -2.63. The number of ether oxygens (including phenoxy) is 4. The Kier molecular flexibility index (Phi) is 11.8. The largest absolute Gasteiger partial charge is 0.433 e. The highest BCUT2D eigenvalue weighted by Gasteiger charge is 2.66. The highest BCUT2D eigenvalue weighted by atomic mass is 16.8. The normalized spacial score (nSPS) is 53.0. The average molecular weight is 749 g/mol. The van der Waals surface area contributed by atoms with Gasteiger partial charge in [-0.1, -0.05) is 20.8 Å². The third-order valence-electron chi connectivity index (χ3n) is 14.7. The number of rotatable bonds is 10. The second-order valence-corrected chi connectivity index (χ2v) is 17.2. The minimum atomic E-state index is -2.42. The van der Waals surface area contributed by atoms with E-state index in [-0.39, 0.29) is 53.4 Å². The summed E-state index contributed by atoms with van der Waals surface area (Å²) in [5.74, 6) is -2.74. The molecule has 0 aromatic carbocycles. The van der Waals surface area contributed by atoms with Gasteiger partial charge < -0.3 is 75.1 Å². The van der Waals surface area contributed by atoms with Gasteiger partial charge in [0.05, 0.1) is 24.9 Å². The summed E-state index contributed by atoms with van der Waals surface area (Å²) in [6.45, 7) is 4.57. The first-order valence-electron chi connectivity index (χ1n) is 19.0. The Morgan fingerprint density at radius 3 is 2.25 bits per heavy atom. The molecule has 6 fully saturated rings. The molecule has 0 aromatic rings. The molecule has 0 spiro atoms. The Balaban J connectivity index is 1.06. The van der Waals surface area contributed by atoms with Crippen molar-refractivity contribution in [1.82, 2.24) is 0 Å². The lowest BCUT2D eigenvalue weighted by molar-refractivity contribution is -0.394. The van der Waals surface area contributed by atoms with E-state index in [2.05, 4.69) is 13.8 Å². The van der Waals surface area contributed by atoms with Crippen molar-refractivity contribution in [2.24, 2.45) is 46.3 Å². The summed E-state index contributed by atoms with van der Waals surface area (Å²) in [5, 5.41) is 116. The standard InChI is InChI=1S/C36H60O16/c1-15(18-5-6-19-25-20(12-23(41)35(18,19)3)34(2)9-8-17(39)10-16(34)11-21(25)40)4-7-24(42)49-32(48)30-28(45)27(44)29(46)33(50-30)52-36(14-38)31(47)26(43)22(13-37)51-36/h15-23,25-33,37-41,43-48H,4-14H2,1-3H3/t15-,16+,17-,18-,19+,20+,21-,22-,23+,25+,26-,27+,28+,29-,30+,31+,32?,33-,34+,35-,36+/m1/s1. The fourth-order valence-electron chi connectivity index (χ4n) is 11.6. The average Bonchev–Trinajstić information content (AvgIpc) is 3.59. The van der Waals surface area contributed by atoms with Gasteiger partial charge in [-0.25, -0.2) is 0 Å². The summed E-state index contributed by atoms with van der Waals surface area (Å²) < 4.78 is 21.4. The quantitative estimate of drug-likeness (QED) is 0.0840. The Hall–Kier alpha value is -1.09. The van der Waals surface area contributed by atoms with E-state index in [1.807, 2.05) is 6.92 Å². The Labute approximate surface area is 303 Å². The van der Waals surface area contributed by atoms with E-state index < -0.39 is 97.9 Å². The van der Waals surface area contributed by atoms with E-state index in [9.17, 15) is 61.0 Å². The number of hydrogen-bond acceptors (Lipinski definition) is 16. The van der Waals surface area contributed by atoms with Crippen LogP contribution in [0.2, 0.25) is 0 Å². The maximum atomic E-state index is 13.0. The van der Waals surface area contributed by atoms with Gasteiger partial charge in [0, 0.05) is 6.42 Å². The molecule has 21 atom stereocenters. The molecule has 2 aliphatic heterocycles. The van der Waals surface area contributed by atoms with Crippen LogP contribution in [-0.2, 0) is 23.7 Å². The first-order chi connectivity index (χ1) is 24.4. The summed E-state index contributed by atoms with van der Waals surface area (Å²) in [4.78, 5) is 13.0. The van der Waals surface area contributed by atoms with Crippen LogP contribution in [0.15, 0.2) is 0 Å². The van der Waals surface area contributed by atoms with Gasteiger partial charge in [0.1, 0.15) is 43.2 Å². The molecular formula is C36H60O16. The van der Waals surface area contributed by atoms with Crippen molar-refractivity contribution in [1.29, 1.82) is 0 Å². The van der Waals surface area contributed by atoms with E-state index in [4.69, 9.17) is 18.9 Å². The number of esters is 1. The highest BCUT2D eigenvalue weighted by Crippen LogP contribution is 2.68. The van der Waals surface area contributed by atoms with Crippen LogP contribution >= 0.6 is 0 Å². The number of aliphatic hydroxyl groups is 11. The lowest BCUT2D eigenvalue weighted by atomic mass is 9.43. The third kappa shape index (κ3) is 6.65. The van der Waals surface area contributed by atoms with Crippen molar-refractivity contribution in [2.45, 2.75) is 158 Å². The van der Waals surface area contributed by atoms with Crippen molar-refractivity contribution in [3.05, 3.63) is 0 Å². The van der Waals surface area contributed by atoms with Crippen molar-refractivity contribution in [2.75, 3.05) is 13.2 Å². The first kappa shape index (κ1) is 40.6. The monoisotopic (exact) mass is 748 g/mol. The molecule has 1 unspecified atom stereocenters. The van der Waals surface area contributed by atoms with Crippen LogP contribution in [0.1, 0.15) is 78.6 Å². The summed E-state index contributed by atoms with van der Waals surface area (Å²) >= 11 is 0. The molecule has 4 saturated carbocycles. The summed E-state index contributed by atoms with van der Waals surface area (Å²) in [7, 11) is 0. The van der Waals surface area contributed by atoms with Gasteiger partial charge >= 0.3 is 5.97 Å². The maximum Gasteiger partial charge on any atom is 0.308 e. The second kappa shape index (κ2) is 15.1. The summed E-state index contributed by atoms with van der Waals surface area (Å²) in [6, 6.07) is 0. The molecule has 0 aromatic heterocycles. The minimum absolute atomic E-state index is 0.0442. The number of aliphatic hydroxyl groups excluding tert-OH is 11. The van der Waals surface area contributed by atoms with E-state index in [0.717, 1.165) is 25.7 Å². The van der Waals surface area contributed by atoms with E-state index in [1.165, 1.54) is 0 Å². The molecule has 6 rings (SSSR count). The molecule has 0 radical (unpaired) electrons. The zero-order valence-corrected chi connectivity index (χ0v) is 30.1. The molecule has 6 aliphatic rings. The predicted molar refractivity (Wildman–Crippen MR) is 176 cm³/mol. The van der Waals surface area contributed by atoms with Crippen LogP contribution in [0.5, 0.6) is 0 Å². The van der Waals surface area contributed by atoms with Crippen molar-refractivity contribution >= 4 is 5.97 Å². The maximum absolute atomic E-state index is 13.0. The molecule has 4 aliphatic carbocycles. The number of carbonyl (C=O) groups is 1. The minimum Gasteiger partial charge on any atom is -0.433 e. The Bertz CT molecular complexity index is 1260. The van der Waals surface area contributed by atoms with Crippen LogP contribution < -0.4 is 0 Å². The van der Waals surface area contributed by atoms with Crippen LogP contribution in [0.4, 0.5) is 0 Å². The first-order valence-corrected chi connectivity index (χ1v) is 19.0. The molecule has 2 saturated heterocycles. The number of carbonyl (C=O) groups excluding carboxylic acids is 1. The van der Waals surface area contributed by atoms with Gasteiger partial charge in [-0.2, -0.15) is 0 Å². The Morgan fingerprint density at radius 1 is 0.885 bits per heavy atom. The van der Waals surface area contributed by atoms with Gasteiger partial charge in [0.15, 0.2) is 12.4 Å². The molecule has 16 nitrogen and oxygen atoms in total. The zero-order chi connectivity index (χ0) is 38.1. The van der Waals surface area contributed by atoms with Gasteiger partial charge in [0.25, 0.3) is 0 Å². The van der Waals surface area contributed by atoms with E-state index in [0.29, 0.717) is 25.7 Å². The zero-order valence-electron chi connectivity index (χ0n) is 30.1. The van der Waals surface area contributed by atoms with Crippen molar-refractivity contribution in [3.8, 4) is 0 Å². The fourth-order valence-corrected chi connectivity index (χ4v) is 11.6. The van der Waals surface area contributed by atoms with Gasteiger partial charge in [-0.3, -0.25) is 4.79 Å².